The first-order valence-corrected chi connectivity index (χ1v) is 6.25. The van der Waals surface area contributed by atoms with E-state index in [1.165, 1.54) is 0 Å². The summed E-state index contributed by atoms with van der Waals surface area (Å²) in [6, 6.07) is 9.58. The van der Waals surface area contributed by atoms with Crippen LogP contribution in [0.3, 0.4) is 0 Å². The van der Waals surface area contributed by atoms with Crippen molar-refractivity contribution in [2.75, 3.05) is 19.8 Å². The zero-order valence-corrected chi connectivity index (χ0v) is 10.5. The molecular formula is C14H18O4. The molecule has 1 aliphatic rings. The Balaban J connectivity index is 1.63. The molecule has 0 heterocycles. The maximum absolute atomic E-state index is 11.2. The number of para-hydroxylation sites is 1. The van der Waals surface area contributed by atoms with E-state index in [1.807, 2.05) is 37.3 Å². The van der Waals surface area contributed by atoms with E-state index < -0.39 is 0 Å². The van der Waals surface area contributed by atoms with Gasteiger partial charge in [-0.15, -0.1) is 0 Å². The van der Waals surface area contributed by atoms with Crippen molar-refractivity contribution in [2.24, 2.45) is 0 Å². The third-order valence-electron chi connectivity index (χ3n) is 2.83. The topological polar surface area (TPSA) is 44.8 Å². The molecule has 1 aromatic carbocycles. The van der Waals surface area contributed by atoms with E-state index >= 15 is 0 Å². The molecule has 0 aromatic heterocycles. The minimum atomic E-state index is -0.369. The smallest absolute Gasteiger partial charge is 0.166 e. The molecule has 0 spiro atoms. The van der Waals surface area contributed by atoms with E-state index in [-0.39, 0.29) is 18.0 Å². The van der Waals surface area contributed by atoms with E-state index in [0.717, 1.165) is 5.75 Å². The van der Waals surface area contributed by atoms with Gasteiger partial charge in [-0.25, -0.2) is 0 Å². The Hall–Kier alpha value is -1.39. The normalized spacial score (nSPS) is 22.6. The Morgan fingerprint density at radius 3 is 2.61 bits per heavy atom. The van der Waals surface area contributed by atoms with Crippen LogP contribution in [0, 0.1) is 0 Å². The average Bonchev–Trinajstić information content (AvgIpc) is 2.41. The van der Waals surface area contributed by atoms with E-state index in [9.17, 15) is 4.79 Å². The highest BCUT2D eigenvalue weighted by atomic mass is 16.6. The lowest BCUT2D eigenvalue weighted by molar-refractivity contribution is -0.165. The van der Waals surface area contributed by atoms with Crippen molar-refractivity contribution in [3.63, 3.8) is 0 Å². The van der Waals surface area contributed by atoms with Crippen LogP contribution in [0.25, 0.3) is 0 Å². The monoisotopic (exact) mass is 250 g/mol. The highest BCUT2D eigenvalue weighted by molar-refractivity contribution is 5.90. The fourth-order valence-electron chi connectivity index (χ4n) is 1.87. The number of carbonyl (C=O) groups is 1. The predicted molar refractivity (Wildman–Crippen MR) is 66.7 cm³/mol. The van der Waals surface area contributed by atoms with Gasteiger partial charge in [-0.2, -0.15) is 0 Å². The van der Waals surface area contributed by atoms with Crippen molar-refractivity contribution >= 4 is 5.78 Å². The highest BCUT2D eigenvalue weighted by Gasteiger charge is 2.41. The molecule has 0 bridgehead atoms. The second kappa shape index (κ2) is 6.52. The standard InChI is InChI=1S/C14H18O4/c1-2-16-14-12(15)10-13(14)18-9-8-17-11-6-4-3-5-7-11/h3-7,13-14H,2,8-10H2,1H3. The quantitative estimate of drug-likeness (QED) is 0.692. The Bertz CT molecular complexity index is 377. The van der Waals surface area contributed by atoms with Crippen LogP contribution in [0.2, 0.25) is 0 Å². The predicted octanol–water partition coefficient (Wildman–Crippen LogP) is 1.83. The molecule has 1 fully saturated rings. The lowest BCUT2D eigenvalue weighted by Crippen LogP contribution is -2.50. The first-order chi connectivity index (χ1) is 8.81. The SMILES string of the molecule is CCOC1C(=O)CC1OCCOc1ccccc1. The Morgan fingerprint density at radius 1 is 1.17 bits per heavy atom. The molecule has 18 heavy (non-hydrogen) atoms. The Labute approximate surface area is 107 Å². The molecule has 98 valence electrons. The van der Waals surface area contributed by atoms with Crippen molar-refractivity contribution in [3.05, 3.63) is 30.3 Å². The summed E-state index contributed by atoms with van der Waals surface area (Å²) in [6.07, 6.45) is -0.0146. The number of ether oxygens (including phenoxy) is 3. The first kappa shape index (κ1) is 13.1. The first-order valence-electron chi connectivity index (χ1n) is 6.25. The van der Waals surface area contributed by atoms with Crippen molar-refractivity contribution in [3.8, 4) is 5.75 Å². The minimum Gasteiger partial charge on any atom is -0.491 e. The Kier molecular flexibility index (Phi) is 4.73. The summed E-state index contributed by atoms with van der Waals surface area (Å²) in [7, 11) is 0. The van der Waals surface area contributed by atoms with Crippen molar-refractivity contribution < 1.29 is 19.0 Å². The molecule has 4 nitrogen and oxygen atoms in total. The van der Waals surface area contributed by atoms with Crippen LogP contribution < -0.4 is 4.74 Å². The van der Waals surface area contributed by atoms with Crippen LogP contribution in [0.5, 0.6) is 5.75 Å². The molecule has 1 aliphatic carbocycles. The van der Waals surface area contributed by atoms with Gasteiger partial charge in [0.1, 0.15) is 18.5 Å². The molecule has 0 N–H and O–H groups in total. The molecule has 1 saturated carbocycles. The summed E-state index contributed by atoms with van der Waals surface area (Å²) in [5, 5.41) is 0. The van der Waals surface area contributed by atoms with Crippen molar-refractivity contribution in [1.29, 1.82) is 0 Å². The van der Waals surface area contributed by atoms with Crippen LogP contribution >= 0.6 is 0 Å². The number of hydrogen-bond acceptors (Lipinski definition) is 4. The molecule has 4 heteroatoms. The second-order valence-corrected chi connectivity index (χ2v) is 4.12. The van der Waals surface area contributed by atoms with Crippen LogP contribution in [-0.4, -0.2) is 37.8 Å². The van der Waals surface area contributed by atoms with Crippen LogP contribution in [-0.2, 0) is 14.3 Å². The molecule has 0 aliphatic heterocycles. The summed E-state index contributed by atoms with van der Waals surface area (Å²) in [4.78, 5) is 11.2. The van der Waals surface area contributed by atoms with Crippen LogP contribution in [0.15, 0.2) is 30.3 Å². The average molecular weight is 250 g/mol. The molecule has 1 aromatic rings. The van der Waals surface area contributed by atoms with Gasteiger partial charge < -0.3 is 14.2 Å². The van der Waals surface area contributed by atoms with E-state index in [4.69, 9.17) is 14.2 Å². The summed E-state index contributed by atoms with van der Waals surface area (Å²) >= 11 is 0. The van der Waals surface area contributed by atoms with Crippen molar-refractivity contribution in [2.45, 2.75) is 25.6 Å². The van der Waals surface area contributed by atoms with Gasteiger partial charge in [0.05, 0.1) is 12.7 Å². The number of Topliss-reactive ketones (excluding diaryl/α,β-unsaturated/α-hetero) is 1. The van der Waals surface area contributed by atoms with Crippen molar-refractivity contribution in [1.82, 2.24) is 0 Å². The summed E-state index contributed by atoms with van der Waals surface area (Å²) < 4.78 is 16.4. The molecule has 2 atom stereocenters. The second-order valence-electron chi connectivity index (χ2n) is 4.12. The number of hydrogen-bond donors (Lipinski definition) is 0. The molecule has 0 radical (unpaired) electrons. The van der Waals surface area contributed by atoms with E-state index in [2.05, 4.69) is 0 Å². The largest absolute Gasteiger partial charge is 0.491 e. The Morgan fingerprint density at radius 2 is 1.94 bits per heavy atom. The number of carbonyl (C=O) groups excluding carboxylic acids is 1. The van der Waals surface area contributed by atoms with E-state index in [1.54, 1.807) is 0 Å². The van der Waals surface area contributed by atoms with Gasteiger partial charge >= 0.3 is 0 Å². The van der Waals surface area contributed by atoms with Crippen LogP contribution in [0.1, 0.15) is 13.3 Å². The van der Waals surface area contributed by atoms with Gasteiger partial charge in [0, 0.05) is 13.0 Å². The molecular weight excluding hydrogens is 232 g/mol. The summed E-state index contributed by atoms with van der Waals surface area (Å²) in [5.74, 6) is 0.956. The van der Waals surface area contributed by atoms with Gasteiger partial charge in [0.2, 0.25) is 0 Å². The van der Waals surface area contributed by atoms with Gasteiger partial charge in [0.15, 0.2) is 5.78 Å². The maximum Gasteiger partial charge on any atom is 0.166 e. The highest BCUT2D eigenvalue weighted by Crippen LogP contribution is 2.22. The summed E-state index contributed by atoms with van der Waals surface area (Å²) in [6.45, 7) is 3.36. The fraction of sp³-hybridized carbons (Fsp3) is 0.500. The number of rotatable bonds is 7. The third-order valence-corrected chi connectivity index (χ3v) is 2.83. The molecule has 0 saturated heterocycles. The molecule has 0 amide bonds. The maximum atomic E-state index is 11.2. The summed E-state index contributed by atoms with van der Waals surface area (Å²) in [5.41, 5.74) is 0. The van der Waals surface area contributed by atoms with Gasteiger partial charge in [-0.3, -0.25) is 4.79 Å². The van der Waals surface area contributed by atoms with Gasteiger partial charge in [0.25, 0.3) is 0 Å². The third kappa shape index (κ3) is 3.31. The fourth-order valence-corrected chi connectivity index (χ4v) is 1.87. The number of ketones is 1. The van der Waals surface area contributed by atoms with E-state index in [0.29, 0.717) is 26.2 Å². The zero-order valence-electron chi connectivity index (χ0n) is 10.5. The molecule has 2 rings (SSSR count). The lowest BCUT2D eigenvalue weighted by Gasteiger charge is -2.34. The number of benzene rings is 1. The van der Waals surface area contributed by atoms with Crippen LogP contribution in [0.4, 0.5) is 0 Å². The minimum absolute atomic E-state index is 0.100. The zero-order chi connectivity index (χ0) is 12.8. The van der Waals surface area contributed by atoms with Gasteiger partial charge in [-0.1, -0.05) is 18.2 Å². The lowest BCUT2D eigenvalue weighted by atomic mass is 9.90. The molecule has 2 unspecified atom stereocenters. The van der Waals surface area contributed by atoms with Gasteiger partial charge in [-0.05, 0) is 19.1 Å².